The van der Waals surface area contributed by atoms with E-state index in [2.05, 4.69) is 46.7 Å². The molecule has 0 bridgehead atoms. The van der Waals surface area contributed by atoms with E-state index in [9.17, 15) is 4.39 Å². The number of guanidine groups is 1. The van der Waals surface area contributed by atoms with E-state index < -0.39 is 0 Å². The summed E-state index contributed by atoms with van der Waals surface area (Å²) in [6.07, 6.45) is 2.03. The zero-order chi connectivity index (χ0) is 21.9. The summed E-state index contributed by atoms with van der Waals surface area (Å²) in [4.78, 5) is 7.18. The van der Waals surface area contributed by atoms with Crippen molar-refractivity contribution in [1.82, 2.24) is 15.5 Å². The molecule has 176 valence electrons. The summed E-state index contributed by atoms with van der Waals surface area (Å²) in [6.45, 7) is 8.59. The molecule has 0 atom stereocenters. The number of hydrogen-bond donors (Lipinski definition) is 2. The molecule has 1 aliphatic heterocycles. The van der Waals surface area contributed by atoms with Crippen LogP contribution in [0.1, 0.15) is 29.2 Å². The third-order valence-electron chi connectivity index (χ3n) is 5.18. The van der Waals surface area contributed by atoms with Crippen LogP contribution in [-0.4, -0.2) is 50.0 Å². The van der Waals surface area contributed by atoms with Crippen LogP contribution in [0.25, 0.3) is 0 Å². The van der Waals surface area contributed by atoms with Gasteiger partial charge in [-0.15, -0.1) is 24.0 Å². The zero-order valence-electron chi connectivity index (χ0n) is 18.9. The van der Waals surface area contributed by atoms with E-state index >= 15 is 0 Å². The lowest BCUT2D eigenvalue weighted by Crippen LogP contribution is -2.37. The molecular formula is C24H34FIN4OS. The Hall–Kier alpha value is -1.36. The van der Waals surface area contributed by atoms with Gasteiger partial charge in [-0.3, -0.25) is 4.90 Å². The van der Waals surface area contributed by atoms with Crippen molar-refractivity contribution >= 4 is 41.7 Å². The first kappa shape index (κ1) is 26.9. The van der Waals surface area contributed by atoms with Gasteiger partial charge >= 0.3 is 0 Å². The van der Waals surface area contributed by atoms with Gasteiger partial charge in [0.05, 0.1) is 19.8 Å². The van der Waals surface area contributed by atoms with Gasteiger partial charge in [-0.2, -0.15) is 11.8 Å². The fourth-order valence-corrected chi connectivity index (χ4v) is 4.17. The van der Waals surface area contributed by atoms with Gasteiger partial charge in [0.25, 0.3) is 0 Å². The first-order chi connectivity index (χ1) is 15.2. The van der Waals surface area contributed by atoms with E-state index in [1.165, 1.54) is 17.2 Å². The van der Waals surface area contributed by atoms with E-state index in [-0.39, 0.29) is 29.8 Å². The number of benzene rings is 2. The monoisotopic (exact) mass is 572 g/mol. The average molecular weight is 573 g/mol. The van der Waals surface area contributed by atoms with Crippen molar-refractivity contribution in [1.29, 1.82) is 0 Å². The number of aliphatic imine (C=N–C) groups is 1. The van der Waals surface area contributed by atoms with Gasteiger partial charge in [0.2, 0.25) is 0 Å². The minimum atomic E-state index is -0.190. The molecule has 0 spiro atoms. The Morgan fingerprint density at radius 3 is 2.62 bits per heavy atom. The summed E-state index contributed by atoms with van der Waals surface area (Å²) < 4.78 is 19.0. The number of nitrogens with zero attached hydrogens (tertiary/aromatic N) is 2. The van der Waals surface area contributed by atoms with Crippen LogP contribution >= 0.6 is 35.7 Å². The maximum atomic E-state index is 13.6. The van der Waals surface area contributed by atoms with Gasteiger partial charge in [-0.05, 0) is 47.6 Å². The van der Waals surface area contributed by atoms with Crippen LogP contribution in [0, 0.1) is 5.82 Å². The number of halogens is 2. The smallest absolute Gasteiger partial charge is 0.191 e. The quantitative estimate of drug-likeness (QED) is 0.265. The van der Waals surface area contributed by atoms with E-state index in [0.717, 1.165) is 62.2 Å². The van der Waals surface area contributed by atoms with Crippen molar-refractivity contribution < 1.29 is 9.13 Å². The van der Waals surface area contributed by atoms with Crippen molar-refractivity contribution in [2.45, 2.75) is 32.3 Å². The first-order valence-corrected chi connectivity index (χ1v) is 12.2. The van der Waals surface area contributed by atoms with Crippen molar-refractivity contribution in [2.24, 2.45) is 4.99 Å². The van der Waals surface area contributed by atoms with E-state index in [1.807, 2.05) is 12.3 Å². The molecule has 0 amide bonds. The molecule has 1 saturated heterocycles. The van der Waals surface area contributed by atoms with Gasteiger partial charge in [0.15, 0.2) is 5.96 Å². The standard InChI is InChI=1S/C24H33FN4OS.HI/c1-3-26-24(28-16-21-7-8-23(25)14-22(21)18-31-2)27-15-19-5-4-6-20(13-19)17-29-9-11-30-12-10-29;/h4-8,13-14H,3,9-12,15-18H2,1-2H3,(H2,26,27,28);1H. The Morgan fingerprint density at radius 1 is 1.09 bits per heavy atom. The van der Waals surface area contributed by atoms with Crippen LogP contribution in [0.15, 0.2) is 47.5 Å². The molecule has 0 unspecified atom stereocenters. The van der Waals surface area contributed by atoms with Gasteiger partial charge < -0.3 is 15.4 Å². The fourth-order valence-electron chi connectivity index (χ4n) is 3.59. The molecule has 1 heterocycles. The second-order valence-electron chi connectivity index (χ2n) is 7.60. The Morgan fingerprint density at radius 2 is 1.88 bits per heavy atom. The molecule has 0 aliphatic carbocycles. The molecule has 0 radical (unpaired) electrons. The number of ether oxygens (including phenoxy) is 1. The van der Waals surface area contributed by atoms with Crippen LogP contribution in [0.4, 0.5) is 4.39 Å². The zero-order valence-corrected chi connectivity index (χ0v) is 22.0. The highest BCUT2D eigenvalue weighted by Gasteiger charge is 2.11. The van der Waals surface area contributed by atoms with Crippen LogP contribution in [0.2, 0.25) is 0 Å². The van der Waals surface area contributed by atoms with Gasteiger partial charge in [-0.1, -0.05) is 30.3 Å². The third kappa shape index (κ3) is 8.88. The molecule has 2 N–H and O–H groups in total. The Balaban J connectivity index is 0.00000363. The second kappa shape index (κ2) is 14.7. The van der Waals surface area contributed by atoms with Crippen LogP contribution in [0.3, 0.4) is 0 Å². The van der Waals surface area contributed by atoms with Crippen molar-refractivity contribution in [3.63, 3.8) is 0 Å². The SMILES string of the molecule is CCNC(=NCc1cccc(CN2CCOCC2)c1)NCc1ccc(F)cc1CSC.I. The second-order valence-corrected chi connectivity index (χ2v) is 8.47. The lowest BCUT2D eigenvalue weighted by molar-refractivity contribution is 0.0342. The largest absolute Gasteiger partial charge is 0.379 e. The molecule has 2 aromatic rings. The topological polar surface area (TPSA) is 48.9 Å². The summed E-state index contributed by atoms with van der Waals surface area (Å²) in [5.74, 6) is 1.36. The number of thioether (sulfide) groups is 1. The fraction of sp³-hybridized carbons (Fsp3) is 0.458. The van der Waals surface area contributed by atoms with Crippen LogP contribution in [0.5, 0.6) is 0 Å². The minimum Gasteiger partial charge on any atom is -0.379 e. The number of rotatable bonds is 9. The predicted molar refractivity (Wildman–Crippen MR) is 143 cm³/mol. The molecule has 0 saturated carbocycles. The Labute approximate surface area is 212 Å². The normalized spacial score (nSPS) is 14.7. The molecule has 3 rings (SSSR count). The first-order valence-electron chi connectivity index (χ1n) is 10.8. The number of morpholine rings is 1. The van der Waals surface area contributed by atoms with Gasteiger partial charge in [0, 0.05) is 38.5 Å². The van der Waals surface area contributed by atoms with Crippen molar-refractivity contribution in [3.8, 4) is 0 Å². The van der Waals surface area contributed by atoms with E-state index in [1.54, 1.807) is 17.8 Å². The highest BCUT2D eigenvalue weighted by Crippen LogP contribution is 2.17. The molecule has 8 heteroatoms. The summed E-state index contributed by atoms with van der Waals surface area (Å²) in [7, 11) is 0. The van der Waals surface area contributed by atoms with Gasteiger partial charge in [0.1, 0.15) is 5.82 Å². The molecule has 2 aromatic carbocycles. The van der Waals surface area contributed by atoms with Crippen molar-refractivity contribution in [3.05, 3.63) is 70.5 Å². The van der Waals surface area contributed by atoms with Crippen molar-refractivity contribution in [2.75, 3.05) is 39.1 Å². The lowest BCUT2D eigenvalue weighted by atomic mass is 10.1. The molecule has 32 heavy (non-hydrogen) atoms. The molecule has 5 nitrogen and oxygen atoms in total. The molecule has 1 aliphatic rings. The highest BCUT2D eigenvalue weighted by atomic mass is 127. The van der Waals surface area contributed by atoms with Crippen LogP contribution in [-0.2, 0) is 30.1 Å². The highest BCUT2D eigenvalue weighted by molar-refractivity contribution is 14.0. The Bertz CT molecular complexity index is 862. The molecular weight excluding hydrogens is 538 g/mol. The summed E-state index contributed by atoms with van der Waals surface area (Å²) in [6, 6.07) is 13.6. The lowest BCUT2D eigenvalue weighted by Gasteiger charge is -2.26. The summed E-state index contributed by atoms with van der Waals surface area (Å²) in [5, 5.41) is 6.69. The number of hydrogen-bond acceptors (Lipinski definition) is 4. The van der Waals surface area contributed by atoms with E-state index in [4.69, 9.17) is 9.73 Å². The van der Waals surface area contributed by atoms with Crippen LogP contribution < -0.4 is 10.6 Å². The maximum absolute atomic E-state index is 13.6. The van der Waals surface area contributed by atoms with Gasteiger partial charge in [-0.25, -0.2) is 9.38 Å². The number of nitrogens with one attached hydrogen (secondary N) is 2. The summed E-state index contributed by atoms with van der Waals surface area (Å²) in [5.41, 5.74) is 4.61. The predicted octanol–water partition coefficient (Wildman–Crippen LogP) is 4.39. The van der Waals surface area contributed by atoms with E-state index in [0.29, 0.717) is 13.1 Å². The average Bonchev–Trinajstić information content (AvgIpc) is 2.78. The third-order valence-corrected chi connectivity index (χ3v) is 5.78. The molecule has 0 aromatic heterocycles. The summed E-state index contributed by atoms with van der Waals surface area (Å²) >= 11 is 1.69. The maximum Gasteiger partial charge on any atom is 0.191 e. The molecule has 1 fully saturated rings. The minimum absolute atomic E-state index is 0. The Kier molecular flexibility index (Phi) is 12.4.